The molecule has 1 amide bonds. The van der Waals surface area contributed by atoms with Crippen molar-refractivity contribution < 1.29 is 19.0 Å². The maximum absolute atomic E-state index is 14.7. The smallest absolute Gasteiger partial charge is 0.410 e. The summed E-state index contributed by atoms with van der Waals surface area (Å²) in [5, 5.41) is 13.5. The van der Waals surface area contributed by atoms with Gasteiger partial charge in [0.2, 0.25) is 0 Å². The average molecular weight is 471 g/mol. The molecular formula is C24H31FN6O3. The van der Waals surface area contributed by atoms with Crippen molar-refractivity contribution in [1.29, 1.82) is 0 Å². The van der Waals surface area contributed by atoms with E-state index in [2.05, 4.69) is 20.3 Å². The van der Waals surface area contributed by atoms with Crippen LogP contribution < -0.4 is 5.32 Å². The molecule has 1 aliphatic heterocycles. The van der Waals surface area contributed by atoms with Gasteiger partial charge >= 0.3 is 6.09 Å². The topological polar surface area (TPSA) is 105 Å². The van der Waals surface area contributed by atoms with E-state index in [4.69, 9.17) is 4.74 Å². The van der Waals surface area contributed by atoms with Crippen LogP contribution in [-0.4, -0.2) is 60.2 Å². The van der Waals surface area contributed by atoms with Crippen molar-refractivity contribution in [3.63, 3.8) is 0 Å². The molecule has 34 heavy (non-hydrogen) atoms. The van der Waals surface area contributed by atoms with Crippen LogP contribution in [0.2, 0.25) is 0 Å². The molecular weight excluding hydrogens is 439 g/mol. The number of likely N-dealkylation sites (tertiary alicyclic amines) is 1. The van der Waals surface area contributed by atoms with Crippen LogP contribution in [0.3, 0.4) is 0 Å². The van der Waals surface area contributed by atoms with Crippen LogP contribution in [0.4, 0.5) is 15.0 Å². The zero-order valence-corrected chi connectivity index (χ0v) is 20.2. The van der Waals surface area contributed by atoms with Crippen LogP contribution in [0.1, 0.15) is 53.2 Å². The fourth-order valence-corrected chi connectivity index (χ4v) is 3.86. The molecule has 10 heteroatoms. The number of imidazole rings is 1. The average Bonchev–Trinajstić information content (AvgIpc) is 3.17. The molecule has 4 rings (SSSR count). The number of halogens is 1. The summed E-state index contributed by atoms with van der Waals surface area (Å²) in [6, 6.07) is 2.78. The van der Waals surface area contributed by atoms with E-state index >= 15 is 0 Å². The van der Waals surface area contributed by atoms with Crippen LogP contribution in [0.15, 0.2) is 30.7 Å². The summed E-state index contributed by atoms with van der Waals surface area (Å²) in [5.41, 5.74) is 0.524. The van der Waals surface area contributed by atoms with Crippen molar-refractivity contribution in [2.24, 2.45) is 0 Å². The Kier molecular flexibility index (Phi) is 6.20. The van der Waals surface area contributed by atoms with Crippen LogP contribution in [0.5, 0.6) is 0 Å². The number of aliphatic hydroxyl groups is 1. The van der Waals surface area contributed by atoms with Gasteiger partial charge in [-0.25, -0.2) is 19.2 Å². The van der Waals surface area contributed by atoms with Gasteiger partial charge in [-0.1, -0.05) is 0 Å². The second-order valence-electron chi connectivity index (χ2n) is 10.1. The number of hydrogen-bond donors (Lipinski definition) is 2. The van der Waals surface area contributed by atoms with Gasteiger partial charge in [0.1, 0.15) is 11.2 Å². The van der Waals surface area contributed by atoms with E-state index < -0.39 is 17.0 Å². The number of aromatic nitrogens is 4. The number of pyridine rings is 1. The second kappa shape index (κ2) is 8.83. The lowest BCUT2D eigenvalue weighted by Gasteiger charge is -2.34. The van der Waals surface area contributed by atoms with E-state index in [0.717, 1.165) is 12.8 Å². The molecule has 0 saturated carbocycles. The number of ether oxygens (including phenoxy) is 1. The van der Waals surface area contributed by atoms with Crippen molar-refractivity contribution in [3.8, 4) is 11.4 Å². The Bertz CT molecular complexity index is 1200. The number of fused-ring (bicyclic) bond motifs is 1. The molecule has 0 bridgehead atoms. The largest absolute Gasteiger partial charge is 0.444 e. The Balaban J connectivity index is 1.57. The summed E-state index contributed by atoms with van der Waals surface area (Å²) >= 11 is 0. The minimum Gasteiger partial charge on any atom is -0.444 e. The number of nitrogens with zero attached hydrogens (tertiary/aromatic N) is 5. The van der Waals surface area contributed by atoms with Crippen LogP contribution in [0.25, 0.3) is 17.0 Å². The molecule has 0 aliphatic carbocycles. The van der Waals surface area contributed by atoms with Crippen molar-refractivity contribution in [2.75, 3.05) is 18.4 Å². The molecule has 4 heterocycles. The highest BCUT2D eigenvalue weighted by Crippen LogP contribution is 2.26. The lowest BCUT2D eigenvalue weighted by Crippen LogP contribution is -2.47. The van der Waals surface area contributed by atoms with E-state index in [0.29, 0.717) is 35.8 Å². The summed E-state index contributed by atoms with van der Waals surface area (Å²) in [6.07, 6.45) is 6.10. The molecule has 182 valence electrons. The lowest BCUT2D eigenvalue weighted by atomic mass is 10.1. The predicted molar refractivity (Wildman–Crippen MR) is 126 cm³/mol. The summed E-state index contributed by atoms with van der Waals surface area (Å²) in [5.74, 6) is -0.369. The van der Waals surface area contributed by atoms with Crippen LogP contribution >= 0.6 is 0 Å². The zero-order chi connectivity index (χ0) is 24.7. The van der Waals surface area contributed by atoms with Crippen molar-refractivity contribution >= 4 is 17.6 Å². The highest BCUT2D eigenvalue weighted by molar-refractivity contribution is 5.68. The third kappa shape index (κ3) is 5.27. The van der Waals surface area contributed by atoms with Gasteiger partial charge in [-0.15, -0.1) is 0 Å². The van der Waals surface area contributed by atoms with Crippen molar-refractivity contribution in [1.82, 2.24) is 24.3 Å². The first-order valence-electron chi connectivity index (χ1n) is 11.4. The van der Waals surface area contributed by atoms with Gasteiger partial charge in [0, 0.05) is 25.3 Å². The highest BCUT2D eigenvalue weighted by Gasteiger charge is 2.28. The molecule has 1 unspecified atom stereocenters. The van der Waals surface area contributed by atoms with Gasteiger partial charge < -0.3 is 20.1 Å². The van der Waals surface area contributed by atoms with E-state index in [-0.39, 0.29) is 18.0 Å². The third-order valence-corrected chi connectivity index (χ3v) is 5.55. The minimum atomic E-state index is -1.13. The third-order valence-electron chi connectivity index (χ3n) is 5.55. The number of carbonyl (C=O) groups excluding carboxylic acids is 1. The number of carbonyl (C=O) groups is 1. The van der Waals surface area contributed by atoms with E-state index in [1.54, 1.807) is 47.8 Å². The van der Waals surface area contributed by atoms with Crippen LogP contribution in [0, 0.1) is 5.82 Å². The van der Waals surface area contributed by atoms with Gasteiger partial charge in [0.15, 0.2) is 17.3 Å². The molecule has 1 aliphatic rings. The molecule has 2 N–H and O–H groups in total. The summed E-state index contributed by atoms with van der Waals surface area (Å²) < 4.78 is 21.9. The SMILES string of the molecule is CC(C)(C)OC(=O)N1CCCC(Nc2nc(-c3cnc4cnc(C(C)(C)O)cn34)ccc2F)C1. The van der Waals surface area contributed by atoms with Crippen molar-refractivity contribution in [2.45, 2.75) is 64.7 Å². The highest BCUT2D eigenvalue weighted by atomic mass is 19.1. The lowest BCUT2D eigenvalue weighted by molar-refractivity contribution is 0.0206. The number of anilines is 1. The van der Waals surface area contributed by atoms with E-state index in [1.165, 1.54) is 6.07 Å². The molecule has 9 nitrogen and oxygen atoms in total. The molecule has 1 fully saturated rings. The predicted octanol–water partition coefficient (Wildman–Crippen LogP) is 3.97. The Labute approximate surface area is 198 Å². The Hall–Kier alpha value is -3.27. The number of rotatable bonds is 4. The van der Waals surface area contributed by atoms with Gasteiger partial charge in [-0.2, -0.15) is 0 Å². The maximum Gasteiger partial charge on any atom is 0.410 e. The van der Waals surface area contributed by atoms with Crippen LogP contribution in [-0.2, 0) is 10.3 Å². The fraction of sp³-hybridized carbons (Fsp3) is 0.500. The number of amides is 1. The Morgan fingerprint density at radius 2 is 1.97 bits per heavy atom. The zero-order valence-electron chi connectivity index (χ0n) is 20.2. The normalized spacial score (nSPS) is 17.1. The Morgan fingerprint density at radius 1 is 1.21 bits per heavy atom. The second-order valence-corrected chi connectivity index (χ2v) is 10.1. The summed E-state index contributed by atoms with van der Waals surface area (Å²) in [4.78, 5) is 27.2. The molecule has 1 saturated heterocycles. The molecule has 0 spiro atoms. The number of piperidine rings is 1. The summed E-state index contributed by atoms with van der Waals surface area (Å²) in [6.45, 7) is 9.79. The molecule has 1 atom stereocenters. The molecule has 0 aromatic carbocycles. The number of nitrogens with one attached hydrogen (secondary N) is 1. The van der Waals surface area contributed by atoms with Gasteiger partial charge in [0.05, 0.1) is 29.5 Å². The van der Waals surface area contributed by atoms with Gasteiger partial charge in [0.25, 0.3) is 0 Å². The molecule has 3 aromatic heterocycles. The minimum absolute atomic E-state index is 0.111. The van der Waals surface area contributed by atoms with Crippen molar-refractivity contribution in [3.05, 3.63) is 42.2 Å². The quantitative estimate of drug-likeness (QED) is 0.594. The Morgan fingerprint density at radius 3 is 2.68 bits per heavy atom. The number of hydrogen-bond acceptors (Lipinski definition) is 7. The fourth-order valence-electron chi connectivity index (χ4n) is 3.86. The van der Waals surface area contributed by atoms with Gasteiger partial charge in [-0.3, -0.25) is 9.38 Å². The first-order valence-corrected chi connectivity index (χ1v) is 11.4. The first-order chi connectivity index (χ1) is 15.9. The van der Waals surface area contributed by atoms with Gasteiger partial charge in [-0.05, 0) is 59.6 Å². The monoisotopic (exact) mass is 470 g/mol. The summed E-state index contributed by atoms with van der Waals surface area (Å²) in [7, 11) is 0. The standard InChI is InChI=1S/C24H31FN6O3/c1-23(2,3)34-22(32)30-10-6-7-15(13-30)28-21-16(25)8-9-17(29-21)18-11-27-20-12-26-19(14-31(18)20)24(4,5)33/h8-9,11-12,14-15,33H,6-7,10,13H2,1-5H3,(H,28,29). The van der Waals surface area contributed by atoms with E-state index in [9.17, 15) is 14.3 Å². The maximum atomic E-state index is 14.7. The van der Waals surface area contributed by atoms with E-state index in [1.807, 2.05) is 20.8 Å². The molecule has 0 radical (unpaired) electrons. The first kappa shape index (κ1) is 23.9. The molecule has 3 aromatic rings.